The van der Waals surface area contributed by atoms with Crippen molar-refractivity contribution in [2.75, 3.05) is 0 Å². The number of rotatable bonds is 4. The van der Waals surface area contributed by atoms with E-state index in [0.717, 1.165) is 24.8 Å². The highest BCUT2D eigenvalue weighted by Gasteiger charge is 2.45. The molecule has 0 saturated carbocycles. The van der Waals surface area contributed by atoms with Gasteiger partial charge in [0.05, 0.1) is 5.60 Å². The highest BCUT2D eigenvalue weighted by atomic mass is 32.2. The Kier molecular flexibility index (Phi) is 4.50. The van der Waals surface area contributed by atoms with Crippen molar-refractivity contribution in [1.29, 1.82) is 0 Å². The van der Waals surface area contributed by atoms with Gasteiger partial charge in [0.2, 0.25) is 0 Å². The van der Waals surface area contributed by atoms with Gasteiger partial charge in [-0.15, -0.1) is 0 Å². The third-order valence-electron chi connectivity index (χ3n) is 4.58. The second kappa shape index (κ2) is 6.24. The van der Waals surface area contributed by atoms with Crippen LogP contribution in [0.3, 0.4) is 0 Å². The van der Waals surface area contributed by atoms with Crippen molar-refractivity contribution in [1.82, 2.24) is 0 Å². The van der Waals surface area contributed by atoms with Crippen LogP contribution < -0.4 is 4.74 Å². The molecule has 2 bridgehead atoms. The van der Waals surface area contributed by atoms with E-state index in [1.54, 1.807) is 18.2 Å². The minimum absolute atomic E-state index is 0.0676. The van der Waals surface area contributed by atoms with E-state index in [1.165, 1.54) is 6.07 Å². The number of aliphatic hydroxyl groups is 1. The fraction of sp³-hybridized carbons (Fsp3) is 0.625. The molecule has 0 aliphatic carbocycles. The maximum Gasteiger partial charge on any atom is 0.387 e. The zero-order valence-corrected chi connectivity index (χ0v) is 13.0. The van der Waals surface area contributed by atoms with Crippen LogP contribution in [0.15, 0.2) is 24.3 Å². The Morgan fingerprint density at radius 3 is 2.64 bits per heavy atom. The molecule has 2 saturated heterocycles. The van der Waals surface area contributed by atoms with Crippen molar-refractivity contribution in [3.63, 3.8) is 0 Å². The highest BCUT2D eigenvalue weighted by Crippen LogP contribution is 2.40. The predicted octanol–water partition coefficient (Wildman–Crippen LogP) is 3.03. The molecule has 2 unspecified atom stereocenters. The molecule has 2 aliphatic rings. The summed E-state index contributed by atoms with van der Waals surface area (Å²) in [6.45, 7) is -2.85. The number of fused-ring (bicyclic) bond motifs is 2. The van der Waals surface area contributed by atoms with E-state index in [1.807, 2.05) is 0 Å². The van der Waals surface area contributed by atoms with Crippen molar-refractivity contribution in [3.8, 4) is 5.75 Å². The molecule has 22 heavy (non-hydrogen) atoms. The lowest BCUT2D eigenvalue weighted by Gasteiger charge is -2.43. The summed E-state index contributed by atoms with van der Waals surface area (Å²) in [6.07, 6.45) is 4.32. The van der Waals surface area contributed by atoms with Crippen LogP contribution in [0.1, 0.15) is 37.7 Å². The number of halogens is 2. The first-order chi connectivity index (χ1) is 10.5. The summed E-state index contributed by atoms with van der Waals surface area (Å²) in [5, 5.41) is 11.0. The van der Waals surface area contributed by atoms with E-state index < -0.39 is 23.0 Å². The second-order valence-corrected chi connectivity index (χ2v) is 8.33. The summed E-state index contributed by atoms with van der Waals surface area (Å²) >= 11 is 0. The minimum Gasteiger partial charge on any atom is -0.435 e. The minimum atomic E-state index is -2.85. The topological polar surface area (TPSA) is 46.5 Å². The number of hydrogen-bond acceptors (Lipinski definition) is 3. The maximum absolute atomic E-state index is 12.3. The van der Waals surface area contributed by atoms with Crippen LogP contribution in [0.4, 0.5) is 8.78 Å². The molecule has 2 atom stereocenters. The van der Waals surface area contributed by atoms with Gasteiger partial charge in [-0.05, 0) is 43.4 Å². The zero-order chi connectivity index (χ0) is 15.7. The Bertz CT molecular complexity index is 548. The summed E-state index contributed by atoms with van der Waals surface area (Å²) in [5.41, 5.74) is -0.126. The zero-order valence-electron chi connectivity index (χ0n) is 12.2. The Morgan fingerprint density at radius 1 is 1.32 bits per heavy atom. The summed E-state index contributed by atoms with van der Waals surface area (Å²) in [4.78, 5) is 0. The lowest BCUT2D eigenvalue weighted by atomic mass is 9.81. The van der Waals surface area contributed by atoms with Crippen molar-refractivity contribution >= 4 is 10.8 Å². The van der Waals surface area contributed by atoms with Gasteiger partial charge in [0.25, 0.3) is 0 Å². The third kappa shape index (κ3) is 3.49. The first kappa shape index (κ1) is 15.9. The second-order valence-electron chi connectivity index (χ2n) is 6.34. The number of benzene rings is 1. The number of hydrogen-bond donors (Lipinski definition) is 1. The molecule has 1 N–H and O–H groups in total. The first-order valence-corrected chi connectivity index (χ1v) is 8.88. The molecule has 0 radical (unpaired) electrons. The monoisotopic (exact) mass is 330 g/mol. The van der Waals surface area contributed by atoms with Gasteiger partial charge in [0.1, 0.15) is 5.75 Å². The standard InChI is InChI=1S/C16H20F2O3S/c17-15(18)21-12-4-1-3-11(7-12)8-16(19)9-13-5-2-6-14(10-16)22(13)20/h1,3-4,7,13-15,19H,2,5-6,8-10H2. The molecule has 6 heteroatoms. The van der Waals surface area contributed by atoms with Gasteiger partial charge < -0.3 is 9.84 Å². The van der Waals surface area contributed by atoms with E-state index in [2.05, 4.69) is 4.74 Å². The van der Waals surface area contributed by atoms with E-state index in [-0.39, 0.29) is 16.2 Å². The van der Waals surface area contributed by atoms with Crippen molar-refractivity contribution in [2.45, 2.75) is 61.2 Å². The van der Waals surface area contributed by atoms with Crippen LogP contribution in [0.25, 0.3) is 0 Å². The van der Waals surface area contributed by atoms with Gasteiger partial charge >= 0.3 is 6.61 Å². The molecule has 1 aromatic carbocycles. The molecule has 2 aliphatic heterocycles. The average Bonchev–Trinajstić information content (AvgIpc) is 2.40. The SMILES string of the molecule is O=S1C2CCCC1CC(O)(Cc1cccc(OC(F)F)c1)C2. The van der Waals surface area contributed by atoms with E-state index in [9.17, 15) is 18.1 Å². The van der Waals surface area contributed by atoms with Gasteiger partial charge in [-0.25, -0.2) is 0 Å². The summed E-state index contributed by atoms with van der Waals surface area (Å²) in [6, 6.07) is 6.48. The van der Waals surface area contributed by atoms with Crippen molar-refractivity contribution in [3.05, 3.63) is 29.8 Å². The van der Waals surface area contributed by atoms with Gasteiger partial charge in [-0.3, -0.25) is 4.21 Å². The fourth-order valence-corrected chi connectivity index (χ4v) is 6.02. The van der Waals surface area contributed by atoms with Crippen LogP contribution in [-0.4, -0.2) is 32.0 Å². The third-order valence-corrected chi connectivity index (χ3v) is 6.70. The molecule has 0 aromatic heterocycles. The molecule has 0 amide bonds. The lowest BCUT2D eigenvalue weighted by molar-refractivity contribution is -0.0499. The Hall–Kier alpha value is -1.01. The van der Waals surface area contributed by atoms with Crippen molar-refractivity contribution in [2.24, 2.45) is 0 Å². The average molecular weight is 330 g/mol. The highest BCUT2D eigenvalue weighted by molar-refractivity contribution is 7.86. The summed E-state index contributed by atoms with van der Waals surface area (Å²) in [5.74, 6) is 0.107. The molecular weight excluding hydrogens is 310 g/mol. The number of ether oxygens (including phenoxy) is 1. The van der Waals surface area contributed by atoms with Gasteiger partial charge in [0.15, 0.2) is 0 Å². The predicted molar refractivity (Wildman–Crippen MR) is 80.5 cm³/mol. The van der Waals surface area contributed by atoms with Crippen molar-refractivity contribution < 1.29 is 22.8 Å². The van der Waals surface area contributed by atoms with E-state index in [4.69, 9.17) is 0 Å². The van der Waals surface area contributed by atoms with Crippen LogP contribution >= 0.6 is 0 Å². The van der Waals surface area contributed by atoms with Gasteiger partial charge in [-0.2, -0.15) is 8.78 Å². The first-order valence-electron chi connectivity index (χ1n) is 7.61. The quantitative estimate of drug-likeness (QED) is 0.923. The van der Waals surface area contributed by atoms with Crippen LogP contribution in [0.2, 0.25) is 0 Å². The van der Waals surface area contributed by atoms with Crippen LogP contribution in [0.5, 0.6) is 5.75 Å². The van der Waals surface area contributed by atoms with Crippen LogP contribution in [0, 0.1) is 0 Å². The molecule has 122 valence electrons. The fourth-order valence-electron chi connectivity index (χ4n) is 3.73. The van der Waals surface area contributed by atoms with Gasteiger partial charge in [0, 0.05) is 27.7 Å². The number of alkyl halides is 2. The van der Waals surface area contributed by atoms with Crippen LogP contribution in [-0.2, 0) is 17.2 Å². The lowest BCUT2D eigenvalue weighted by Crippen LogP contribution is -2.50. The summed E-state index contributed by atoms with van der Waals surface area (Å²) < 4.78 is 41.2. The Balaban J connectivity index is 1.73. The molecule has 3 rings (SSSR count). The van der Waals surface area contributed by atoms with E-state index >= 15 is 0 Å². The maximum atomic E-state index is 12.3. The molecule has 2 fully saturated rings. The molecule has 1 aromatic rings. The normalized spacial score (nSPS) is 34.6. The molecular formula is C16H20F2O3S. The van der Waals surface area contributed by atoms with Gasteiger partial charge in [-0.1, -0.05) is 18.6 Å². The summed E-state index contributed by atoms with van der Waals surface area (Å²) in [7, 11) is -0.837. The molecule has 0 spiro atoms. The Labute approximate surface area is 131 Å². The Morgan fingerprint density at radius 2 is 2.00 bits per heavy atom. The molecule has 2 heterocycles. The molecule has 3 nitrogen and oxygen atoms in total. The van der Waals surface area contributed by atoms with E-state index in [0.29, 0.717) is 19.3 Å². The smallest absolute Gasteiger partial charge is 0.387 e. The largest absolute Gasteiger partial charge is 0.435 e.